The molecule has 2 nitrogen and oxygen atoms in total. The largest absolute Gasteiger partial charge is 0.294 e. The highest BCUT2D eigenvalue weighted by Crippen LogP contribution is 2.43. The minimum Gasteiger partial charge on any atom is -0.294 e. The van der Waals surface area contributed by atoms with Crippen molar-refractivity contribution in [1.29, 1.82) is 0 Å². The van der Waals surface area contributed by atoms with Gasteiger partial charge < -0.3 is 0 Å². The lowest BCUT2D eigenvalue weighted by molar-refractivity contribution is -0.117. The van der Waals surface area contributed by atoms with Gasteiger partial charge in [0.1, 0.15) is 0 Å². The molecule has 0 radical (unpaired) electrons. The highest BCUT2D eigenvalue weighted by Gasteiger charge is 2.43. The number of unbranched alkanes of at least 4 members (excludes halogenated alkanes) is 5. The van der Waals surface area contributed by atoms with Crippen LogP contribution in [0.25, 0.3) is 0 Å². The number of hydrogen-bond acceptors (Lipinski definition) is 3. The summed E-state index contributed by atoms with van der Waals surface area (Å²) in [6, 6.07) is 0. The molecule has 0 atom stereocenters. The van der Waals surface area contributed by atoms with Crippen molar-refractivity contribution in [3.63, 3.8) is 0 Å². The summed E-state index contributed by atoms with van der Waals surface area (Å²) in [6.07, 6.45) is 7.54. The predicted octanol–water partition coefficient (Wildman–Crippen LogP) is 4.01. The summed E-state index contributed by atoms with van der Waals surface area (Å²) < 4.78 is 0.740. The van der Waals surface area contributed by atoms with Crippen molar-refractivity contribution >= 4 is 40.9 Å². The third kappa shape index (κ3) is 4.82. The normalized spacial score (nSPS) is 20.6. The molecule has 1 aliphatic rings. The van der Waals surface area contributed by atoms with Crippen LogP contribution in [0.1, 0.15) is 45.4 Å². The number of halogens is 2. The lowest BCUT2D eigenvalue weighted by Crippen LogP contribution is -2.19. The van der Waals surface area contributed by atoms with Gasteiger partial charge in [-0.1, -0.05) is 62.2 Å². The van der Waals surface area contributed by atoms with E-state index in [0.29, 0.717) is 6.54 Å². The van der Waals surface area contributed by atoms with E-state index in [1.807, 2.05) is 4.31 Å². The van der Waals surface area contributed by atoms with Crippen LogP contribution in [0.2, 0.25) is 0 Å². The van der Waals surface area contributed by atoms with Crippen molar-refractivity contribution in [2.24, 2.45) is 0 Å². The van der Waals surface area contributed by atoms with Crippen molar-refractivity contribution in [2.45, 2.75) is 49.1 Å². The van der Waals surface area contributed by atoms with Gasteiger partial charge in [-0.25, -0.2) is 4.31 Å². The Labute approximate surface area is 112 Å². The van der Waals surface area contributed by atoms with E-state index in [2.05, 4.69) is 6.92 Å². The van der Waals surface area contributed by atoms with Gasteiger partial charge in [0.15, 0.2) is 5.78 Å². The molecule has 0 unspecified atom stereocenters. The van der Waals surface area contributed by atoms with Gasteiger partial charge in [-0.2, -0.15) is 0 Å². The van der Waals surface area contributed by atoms with Crippen LogP contribution >= 0.6 is 35.1 Å². The number of carbonyl (C=O) groups is 1. The number of ketones is 1. The zero-order valence-electron chi connectivity index (χ0n) is 9.68. The molecule has 1 aliphatic heterocycles. The third-order valence-electron chi connectivity index (χ3n) is 2.65. The molecule has 0 N–H and O–H groups in total. The van der Waals surface area contributed by atoms with Gasteiger partial charge >= 0.3 is 0 Å². The van der Waals surface area contributed by atoms with Crippen LogP contribution in [0.5, 0.6) is 0 Å². The number of Topliss-reactive ketones (excluding diaryl/α,β-unsaturated/α-hetero) is 1. The molecule has 5 heteroatoms. The number of rotatable bonds is 7. The molecule has 1 rings (SSSR count). The van der Waals surface area contributed by atoms with E-state index in [-0.39, 0.29) is 5.78 Å². The molecule has 0 aromatic heterocycles. The highest BCUT2D eigenvalue weighted by atomic mass is 35.5. The second kappa shape index (κ2) is 7.10. The Morgan fingerprint density at radius 2 is 1.88 bits per heavy atom. The Balaban J connectivity index is 2.05. The van der Waals surface area contributed by atoms with E-state index in [4.69, 9.17) is 23.2 Å². The average Bonchev–Trinajstić information content (AvgIpc) is 2.47. The number of hydrogen-bond donors (Lipinski definition) is 0. The van der Waals surface area contributed by atoms with Crippen LogP contribution in [0.4, 0.5) is 0 Å². The molecule has 1 fully saturated rings. The van der Waals surface area contributed by atoms with Gasteiger partial charge in [0, 0.05) is 6.54 Å². The SMILES string of the molecule is CCCCCCCCN1CC(=O)C(Cl)(Cl)S1. The minimum atomic E-state index is -1.23. The zero-order valence-corrected chi connectivity index (χ0v) is 12.0. The predicted molar refractivity (Wildman–Crippen MR) is 72.0 cm³/mol. The molecule has 0 amide bonds. The van der Waals surface area contributed by atoms with Crippen LogP contribution in [0.3, 0.4) is 0 Å². The van der Waals surface area contributed by atoms with E-state index in [0.717, 1.165) is 13.0 Å². The van der Waals surface area contributed by atoms with Crippen molar-refractivity contribution in [3.8, 4) is 0 Å². The van der Waals surface area contributed by atoms with E-state index in [1.165, 1.54) is 44.1 Å². The Bertz CT molecular complexity index is 236. The van der Waals surface area contributed by atoms with E-state index >= 15 is 0 Å². The first kappa shape index (κ1) is 14.6. The molecule has 0 spiro atoms. The number of carbonyl (C=O) groups excluding carboxylic acids is 1. The van der Waals surface area contributed by atoms with Crippen LogP contribution in [0, 0.1) is 0 Å². The zero-order chi connectivity index (χ0) is 12.0. The lowest BCUT2D eigenvalue weighted by atomic mass is 10.1. The van der Waals surface area contributed by atoms with Gasteiger partial charge in [-0.15, -0.1) is 0 Å². The summed E-state index contributed by atoms with van der Waals surface area (Å²) in [5, 5.41) is 0. The molecular weight excluding hydrogens is 265 g/mol. The first-order valence-electron chi connectivity index (χ1n) is 5.91. The smallest absolute Gasteiger partial charge is 0.235 e. The molecule has 1 heterocycles. The minimum absolute atomic E-state index is 0.0909. The van der Waals surface area contributed by atoms with E-state index < -0.39 is 3.67 Å². The van der Waals surface area contributed by atoms with Crippen molar-refractivity contribution < 1.29 is 4.79 Å². The van der Waals surface area contributed by atoms with Gasteiger partial charge in [0.2, 0.25) is 3.67 Å². The molecule has 94 valence electrons. The lowest BCUT2D eigenvalue weighted by Gasteiger charge is -2.13. The molecule has 16 heavy (non-hydrogen) atoms. The summed E-state index contributed by atoms with van der Waals surface area (Å²) in [4.78, 5) is 11.4. The van der Waals surface area contributed by atoms with Gasteiger partial charge in [0.05, 0.1) is 6.54 Å². The topological polar surface area (TPSA) is 20.3 Å². The van der Waals surface area contributed by atoms with Crippen molar-refractivity contribution in [1.82, 2.24) is 4.31 Å². The standard InChI is InChI=1S/C11H19Cl2NOS/c1-2-3-4-5-6-7-8-14-9-10(15)11(12,13)16-14/h2-9H2,1H3. The molecule has 0 aromatic rings. The van der Waals surface area contributed by atoms with E-state index in [9.17, 15) is 4.79 Å². The third-order valence-corrected chi connectivity index (χ3v) is 4.51. The van der Waals surface area contributed by atoms with E-state index in [1.54, 1.807) is 0 Å². The first-order valence-corrected chi connectivity index (χ1v) is 7.44. The highest BCUT2D eigenvalue weighted by molar-refractivity contribution is 8.02. The maximum absolute atomic E-state index is 11.4. The Hall–Kier alpha value is 0.560. The van der Waals surface area contributed by atoms with Crippen molar-refractivity contribution in [3.05, 3.63) is 0 Å². The number of nitrogens with zero attached hydrogens (tertiary/aromatic N) is 1. The fourth-order valence-corrected chi connectivity index (χ4v) is 3.29. The van der Waals surface area contributed by atoms with Crippen LogP contribution < -0.4 is 0 Å². The van der Waals surface area contributed by atoms with Crippen LogP contribution in [-0.4, -0.2) is 26.8 Å². The summed E-state index contributed by atoms with van der Waals surface area (Å²) >= 11 is 12.9. The monoisotopic (exact) mass is 283 g/mol. The van der Waals surface area contributed by atoms with Gasteiger partial charge in [-0.05, 0) is 18.4 Å². The van der Waals surface area contributed by atoms with Crippen molar-refractivity contribution in [2.75, 3.05) is 13.1 Å². The summed E-state index contributed by atoms with van der Waals surface area (Å²) in [6.45, 7) is 3.50. The molecule has 0 aliphatic carbocycles. The fraction of sp³-hybridized carbons (Fsp3) is 0.909. The molecular formula is C11H19Cl2NOS. The Morgan fingerprint density at radius 3 is 2.44 bits per heavy atom. The summed E-state index contributed by atoms with van der Waals surface area (Å²) in [7, 11) is 0. The maximum Gasteiger partial charge on any atom is 0.235 e. The fourth-order valence-electron chi connectivity index (χ4n) is 1.69. The van der Waals surface area contributed by atoms with Crippen LogP contribution in [-0.2, 0) is 4.79 Å². The van der Waals surface area contributed by atoms with Gasteiger partial charge in [-0.3, -0.25) is 4.79 Å². The molecule has 0 saturated carbocycles. The Kier molecular flexibility index (Phi) is 6.48. The van der Waals surface area contributed by atoms with Gasteiger partial charge in [0.25, 0.3) is 0 Å². The Morgan fingerprint density at radius 1 is 1.25 bits per heavy atom. The summed E-state index contributed by atoms with van der Waals surface area (Å²) in [5.74, 6) is -0.0909. The number of alkyl halides is 2. The quantitative estimate of drug-likeness (QED) is 0.400. The van der Waals surface area contributed by atoms with Crippen LogP contribution in [0.15, 0.2) is 0 Å². The molecule has 0 bridgehead atoms. The first-order chi connectivity index (χ1) is 7.56. The molecule has 0 aromatic carbocycles. The second-order valence-corrected chi connectivity index (χ2v) is 7.25. The summed E-state index contributed by atoms with van der Waals surface area (Å²) in [5.41, 5.74) is 0. The molecule has 1 saturated heterocycles. The maximum atomic E-state index is 11.4. The second-order valence-electron chi connectivity index (χ2n) is 4.16. The average molecular weight is 284 g/mol.